The van der Waals surface area contributed by atoms with Crippen molar-refractivity contribution in [3.63, 3.8) is 0 Å². The first-order valence-corrected chi connectivity index (χ1v) is 20.2. The van der Waals surface area contributed by atoms with E-state index in [-0.39, 0.29) is 64.3 Å². The molecule has 334 valence electrons. The number of nitrogens with two attached hydrogens (primary N) is 1. The molecule has 63 heavy (non-hydrogen) atoms. The Labute approximate surface area is 362 Å². The second-order valence-electron chi connectivity index (χ2n) is 16.4. The number of aliphatic hydroxyl groups is 2. The molecule has 10 rings (SSSR count). The molecule has 5 fully saturated rings. The molecular formula is C42H43ClF5N9O6. The number of alkyl halides is 3. The van der Waals surface area contributed by atoms with Crippen LogP contribution in [0.25, 0.3) is 32.9 Å². The molecule has 2 bridgehead atoms. The number of rotatable bonds is 7. The number of nitrogen functional groups attached to an aromatic ring is 1. The number of ether oxygens (including phenoxy) is 2. The zero-order valence-electron chi connectivity index (χ0n) is 33.4. The molecule has 5 aliphatic heterocycles. The number of phenols is 1. The van der Waals surface area contributed by atoms with Gasteiger partial charge in [0.15, 0.2) is 11.9 Å². The lowest BCUT2D eigenvalue weighted by atomic mass is 9.95. The number of fused-ring (bicyclic) bond motifs is 5. The number of pyridine rings is 1. The molecular weight excluding hydrogens is 857 g/mol. The van der Waals surface area contributed by atoms with Gasteiger partial charge in [-0.15, -0.1) is 18.8 Å². The molecule has 0 spiro atoms. The summed E-state index contributed by atoms with van der Waals surface area (Å²) in [4.78, 5) is 32.8. The lowest BCUT2D eigenvalue weighted by Crippen LogP contribution is -2.51. The Kier molecular flexibility index (Phi) is 11.9. The SMILES string of the molecule is C#Cc1c(F)ccc2cc(O)cc(-c3ncc4c(N5CC6CCC(C5)N6)nc(OCC56CCCN5CC(F)C6)nc4c3F)c12.Cl.Nc1ccn(C2OC(CO)C(O)C2(F)F)c(=O)n1. The average molecular weight is 900 g/mol. The summed E-state index contributed by atoms with van der Waals surface area (Å²) in [6, 6.07) is 7.22. The number of phenolic OH excluding ortho intramolecular Hbond substituents is 1. The summed E-state index contributed by atoms with van der Waals surface area (Å²) in [6.07, 6.45) is 5.84. The fraction of sp³-hybridized carbons (Fsp3) is 0.452. The molecule has 8 heterocycles. The van der Waals surface area contributed by atoms with Crippen LogP contribution in [0.3, 0.4) is 0 Å². The Morgan fingerprint density at radius 2 is 1.86 bits per heavy atom. The summed E-state index contributed by atoms with van der Waals surface area (Å²) in [5, 5.41) is 33.3. The summed E-state index contributed by atoms with van der Waals surface area (Å²) >= 11 is 0. The van der Waals surface area contributed by atoms with Gasteiger partial charge in [0.1, 0.15) is 53.3 Å². The van der Waals surface area contributed by atoms with E-state index in [1.165, 1.54) is 30.5 Å². The highest BCUT2D eigenvalue weighted by Crippen LogP contribution is 2.44. The van der Waals surface area contributed by atoms with Crippen LogP contribution < -0.4 is 26.4 Å². The van der Waals surface area contributed by atoms with Crippen molar-refractivity contribution >= 4 is 45.7 Å². The highest BCUT2D eigenvalue weighted by Gasteiger charge is 2.59. The third-order valence-electron chi connectivity index (χ3n) is 12.5. The Morgan fingerprint density at radius 1 is 1.10 bits per heavy atom. The molecule has 7 unspecified atom stereocenters. The van der Waals surface area contributed by atoms with E-state index in [1.807, 2.05) is 0 Å². The van der Waals surface area contributed by atoms with E-state index >= 15 is 4.39 Å². The van der Waals surface area contributed by atoms with Crippen molar-refractivity contribution in [3.05, 3.63) is 70.4 Å². The topological polar surface area (TPSA) is 197 Å². The average Bonchev–Trinajstić information content (AvgIpc) is 3.95. The molecule has 5 aromatic rings. The normalized spacial score (nSPS) is 27.2. The molecule has 5 saturated heterocycles. The molecule has 0 radical (unpaired) electrons. The second kappa shape index (κ2) is 16.9. The molecule has 21 heteroatoms. The number of anilines is 2. The Balaban J connectivity index is 0.000000242. The Morgan fingerprint density at radius 3 is 2.56 bits per heavy atom. The number of benzene rings is 2. The quantitative estimate of drug-likeness (QED) is 0.117. The number of aliphatic hydroxyl groups excluding tert-OH is 2. The van der Waals surface area contributed by atoms with Crippen molar-refractivity contribution in [2.45, 2.75) is 80.3 Å². The van der Waals surface area contributed by atoms with Gasteiger partial charge < -0.3 is 40.7 Å². The Bertz CT molecular complexity index is 2660. The van der Waals surface area contributed by atoms with Crippen molar-refractivity contribution in [3.8, 4) is 35.4 Å². The van der Waals surface area contributed by atoms with Gasteiger partial charge in [0.2, 0.25) is 6.23 Å². The molecule has 2 aromatic carbocycles. The van der Waals surface area contributed by atoms with Crippen molar-refractivity contribution < 1.29 is 46.7 Å². The van der Waals surface area contributed by atoms with Gasteiger partial charge in [-0.05, 0) is 61.9 Å². The van der Waals surface area contributed by atoms with E-state index in [4.69, 9.17) is 31.7 Å². The van der Waals surface area contributed by atoms with E-state index in [0.29, 0.717) is 59.3 Å². The third kappa shape index (κ3) is 7.84. The lowest BCUT2D eigenvalue weighted by molar-refractivity contribution is -0.140. The van der Waals surface area contributed by atoms with Gasteiger partial charge >= 0.3 is 17.6 Å². The highest BCUT2D eigenvalue weighted by molar-refractivity contribution is 6.03. The number of aromatic hydroxyl groups is 1. The van der Waals surface area contributed by atoms with Crippen LogP contribution in [0.2, 0.25) is 0 Å². The second-order valence-corrected chi connectivity index (χ2v) is 16.4. The smallest absolute Gasteiger partial charge is 0.351 e. The summed E-state index contributed by atoms with van der Waals surface area (Å²) in [5.41, 5.74) is 3.74. The minimum Gasteiger partial charge on any atom is -0.508 e. The third-order valence-corrected chi connectivity index (χ3v) is 12.5. The number of halogens is 6. The fourth-order valence-electron chi connectivity index (χ4n) is 9.61. The van der Waals surface area contributed by atoms with E-state index in [9.17, 15) is 32.6 Å². The molecule has 7 atom stereocenters. The number of terminal acetylenes is 1. The van der Waals surface area contributed by atoms with Crippen molar-refractivity contribution in [1.82, 2.24) is 34.7 Å². The maximum Gasteiger partial charge on any atom is 0.351 e. The Hall–Kier alpha value is -5.43. The zero-order valence-corrected chi connectivity index (χ0v) is 34.2. The first kappa shape index (κ1) is 44.2. The van der Waals surface area contributed by atoms with Crippen molar-refractivity contribution in [2.24, 2.45) is 0 Å². The van der Waals surface area contributed by atoms with E-state index in [1.54, 1.807) is 0 Å². The van der Waals surface area contributed by atoms with Crippen LogP contribution in [0, 0.1) is 24.0 Å². The van der Waals surface area contributed by atoms with Gasteiger partial charge in [-0.25, -0.2) is 18.0 Å². The lowest BCUT2D eigenvalue weighted by Gasteiger charge is -2.34. The molecule has 15 nitrogen and oxygen atoms in total. The number of nitrogens with one attached hydrogen (secondary N) is 1. The van der Waals surface area contributed by atoms with Gasteiger partial charge in [0.25, 0.3) is 0 Å². The maximum atomic E-state index is 16.7. The minimum atomic E-state index is -3.71. The van der Waals surface area contributed by atoms with Gasteiger partial charge in [-0.2, -0.15) is 23.7 Å². The van der Waals surface area contributed by atoms with Gasteiger partial charge in [0.05, 0.1) is 23.1 Å². The molecule has 5 aliphatic rings. The largest absolute Gasteiger partial charge is 0.508 e. The number of hydrogen-bond acceptors (Lipinski definition) is 14. The number of aromatic nitrogens is 5. The van der Waals surface area contributed by atoms with Crippen LogP contribution in [0.1, 0.15) is 43.9 Å². The number of hydrogen-bond donors (Lipinski definition) is 5. The molecule has 6 N–H and O–H groups in total. The molecule has 3 aromatic heterocycles. The van der Waals surface area contributed by atoms with Crippen molar-refractivity contribution in [2.75, 3.05) is 50.0 Å². The van der Waals surface area contributed by atoms with Crippen LogP contribution in [-0.2, 0) is 4.74 Å². The summed E-state index contributed by atoms with van der Waals surface area (Å²) in [5.74, 6) is -2.48. The van der Waals surface area contributed by atoms with Gasteiger partial charge in [0, 0.05) is 61.5 Å². The van der Waals surface area contributed by atoms with Gasteiger partial charge in [-0.1, -0.05) is 12.0 Å². The maximum absolute atomic E-state index is 16.7. The van der Waals surface area contributed by atoms with Crippen LogP contribution in [0.5, 0.6) is 11.8 Å². The summed E-state index contributed by atoms with van der Waals surface area (Å²) < 4.78 is 84.9. The van der Waals surface area contributed by atoms with Crippen molar-refractivity contribution in [1.29, 1.82) is 0 Å². The van der Waals surface area contributed by atoms with Crippen LogP contribution in [-0.4, -0.2) is 126 Å². The van der Waals surface area contributed by atoms with Gasteiger partial charge in [-0.3, -0.25) is 14.5 Å². The van der Waals surface area contributed by atoms with Crippen LogP contribution in [0.4, 0.5) is 33.6 Å². The predicted molar refractivity (Wildman–Crippen MR) is 223 cm³/mol. The molecule has 0 aliphatic carbocycles. The first-order chi connectivity index (χ1) is 29.7. The van der Waals surface area contributed by atoms with Crippen LogP contribution >= 0.6 is 12.4 Å². The monoisotopic (exact) mass is 899 g/mol. The number of piperazine rings is 1. The zero-order chi connectivity index (χ0) is 43.7. The first-order valence-electron chi connectivity index (χ1n) is 20.2. The van der Waals surface area contributed by atoms with E-state index < -0.39 is 60.0 Å². The van der Waals surface area contributed by atoms with E-state index in [0.717, 1.165) is 44.5 Å². The fourth-order valence-corrected chi connectivity index (χ4v) is 9.61. The standard InChI is InChI=1S/C33H31F3N6O2.C9H11F2N3O4.ClH/c1-2-23-26(35)7-4-18-10-22(43)11-24(27(18)23)29-28(36)30-25(13-37-29)31(41-15-20-5-6-21(16-41)38-20)40-32(39-30)44-17-33-8-3-9-42(33)14-19(34)12-33;10-9(11)6(16)4(3-15)18-7(9)14-2-1-5(12)13-8(14)17;/h1,4,7,10-11,13,19-21,38,43H,3,5-6,8-9,12,14-17H2;1-2,4,6-7,15-16H,3H2,(H2,12,13,17);1H. The van der Waals surface area contributed by atoms with E-state index in [2.05, 4.69) is 36.0 Å². The molecule has 0 amide bonds. The number of nitrogens with zero attached hydrogens (tertiary/aromatic N) is 7. The van der Waals surface area contributed by atoms with Crippen LogP contribution in [0.15, 0.2) is 47.5 Å². The molecule has 0 saturated carbocycles. The summed E-state index contributed by atoms with van der Waals surface area (Å²) in [7, 11) is 0. The predicted octanol–water partition coefficient (Wildman–Crippen LogP) is 3.84. The minimum absolute atomic E-state index is 0. The summed E-state index contributed by atoms with van der Waals surface area (Å²) in [6.45, 7) is 2.00. The highest BCUT2D eigenvalue weighted by atomic mass is 35.5.